The van der Waals surface area contributed by atoms with Crippen molar-refractivity contribution in [2.24, 2.45) is 0 Å². The van der Waals surface area contributed by atoms with Crippen LogP contribution in [0, 0.1) is 5.82 Å². The van der Waals surface area contributed by atoms with Crippen molar-refractivity contribution in [1.82, 2.24) is 4.31 Å². The van der Waals surface area contributed by atoms with Crippen LogP contribution in [0.4, 0.5) is 4.39 Å². The predicted molar refractivity (Wildman–Crippen MR) is 68.7 cm³/mol. The van der Waals surface area contributed by atoms with Gasteiger partial charge in [0.1, 0.15) is 10.7 Å². The van der Waals surface area contributed by atoms with Crippen LogP contribution in [-0.4, -0.2) is 31.2 Å². The third-order valence-electron chi connectivity index (χ3n) is 3.21. The molecular weight excluding hydrogens is 277 g/mol. The summed E-state index contributed by atoms with van der Waals surface area (Å²) in [6.45, 7) is 0.225. The standard InChI is InChI=1S/C12H15ClFNO2S/c13-8-9-15(10-4-3-5-10)18(16,17)12-7-2-1-6-11(12)14/h1-2,6-7,10H,3-5,8-9H2. The minimum absolute atomic E-state index is 0.0339. The van der Waals surface area contributed by atoms with E-state index in [4.69, 9.17) is 11.6 Å². The molecule has 6 heteroatoms. The Morgan fingerprint density at radius 3 is 2.50 bits per heavy atom. The number of hydrogen-bond donors (Lipinski definition) is 0. The first-order chi connectivity index (χ1) is 8.57. The second-order valence-corrected chi connectivity index (χ2v) is 6.56. The number of halogens is 2. The molecule has 1 saturated carbocycles. The molecule has 3 nitrogen and oxygen atoms in total. The molecule has 1 aliphatic carbocycles. The highest BCUT2D eigenvalue weighted by atomic mass is 35.5. The van der Waals surface area contributed by atoms with Crippen molar-refractivity contribution in [2.75, 3.05) is 12.4 Å². The Hall–Kier alpha value is -0.650. The van der Waals surface area contributed by atoms with Crippen LogP contribution in [0.15, 0.2) is 29.2 Å². The minimum Gasteiger partial charge on any atom is -0.207 e. The van der Waals surface area contributed by atoms with Gasteiger partial charge in [0.2, 0.25) is 10.0 Å². The van der Waals surface area contributed by atoms with E-state index in [9.17, 15) is 12.8 Å². The summed E-state index contributed by atoms with van der Waals surface area (Å²) in [7, 11) is -3.78. The van der Waals surface area contributed by atoms with Gasteiger partial charge < -0.3 is 0 Å². The third-order valence-corrected chi connectivity index (χ3v) is 5.36. The molecule has 0 atom stereocenters. The molecule has 1 aromatic carbocycles. The molecule has 2 rings (SSSR count). The summed E-state index contributed by atoms with van der Waals surface area (Å²) in [5, 5.41) is 0. The lowest BCUT2D eigenvalue weighted by Gasteiger charge is -2.36. The van der Waals surface area contributed by atoms with E-state index < -0.39 is 15.8 Å². The average molecular weight is 292 g/mol. The first kappa shape index (κ1) is 13.8. The SMILES string of the molecule is O=S(=O)(c1ccccc1F)N(CCCl)C1CCC1. The van der Waals surface area contributed by atoms with E-state index in [0.29, 0.717) is 0 Å². The largest absolute Gasteiger partial charge is 0.246 e. The van der Waals surface area contributed by atoms with Crippen molar-refractivity contribution in [2.45, 2.75) is 30.2 Å². The van der Waals surface area contributed by atoms with E-state index in [1.54, 1.807) is 0 Å². The molecule has 0 heterocycles. The van der Waals surface area contributed by atoms with Gasteiger partial charge in [0.05, 0.1) is 0 Å². The van der Waals surface area contributed by atoms with E-state index in [2.05, 4.69) is 0 Å². The summed E-state index contributed by atoms with van der Waals surface area (Å²) >= 11 is 5.65. The van der Waals surface area contributed by atoms with Crippen molar-refractivity contribution in [1.29, 1.82) is 0 Å². The van der Waals surface area contributed by atoms with Crippen molar-refractivity contribution >= 4 is 21.6 Å². The molecule has 1 aliphatic rings. The highest BCUT2D eigenvalue weighted by molar-refractivity contribution is 7.89. The van der Waals surface area contributed by atoms with Gasteiger partial charge in [-0.05, 0) is 25.0 Å². The molecule has 18 heavy (non-hydrogen) atoms. The Morgan fingerprint density at radius 2 is 2.00 bits per heavy atom. The smallest absolute Gasteiger partial charge is 0.207 e. The number of alkyl halides is 1. The second kappa shape index (κ2) is 5.55. The van der Waals surface area contributed by atoms with Crippen LogP contribution in [0.1, 0.15) is 19.3 Å². The lowest BCUT2D eigenvalue weighted by molar-refractivity contribution is 0.227. The molecule has 0 amide bonds. The second-order valence-electron chi connectivity index (χ2n) is 4.32. The van der Waals surface area contributed by atoms with Gasteiger partial charge in [-0.25, -0.2) is 12.8 Å². The molecule has 0 unspecified atom stereocenters. The number of hydrogen-bond acceptors (Lipinski definition) is 2. The third kappa shape index (κ3) is 2.53. The highest BCUT2D eigenvalue weighted by Gasteiger charge is 2.35. The van der Waals surface area contributed by atoms with Crippen LogP contribution in [0.5, 0.6) is 0 Å². The first-order valence-electron chi connectivity index (χ1n) is 5.89. The molecular formula is C12H15ClFNO2S. The maximum atomic E-state index is 13.6. The van der Waals surface area contributed by atoms with Crippen LogP contribution in [0.25, 0.3) is 0 Å². The monoisotopic (exact) mass is 291 g/mol. The Morgan fingerprint density at radius 1 is 1.33 bits per heavy atom. The highest BCUT2D eigenvalue weighted by Crippen LogP contribution is 2.30. The van der Waals surface area contributed by atoms with Crippen LogP contribution >= 0.6 is 11.6 Å². The Kier molecular flexibility index (Phi) is 4.25. The molecule has 1 aromatic rings. The number of sulfonamides is 1. The Balaban J connectivity index is 2.36. The maximum absolute atomic E-state index is 13.6. The van der Waals surface area contributed by atoms with Crippen molar-refractivity contribution in [3.8, 4) is 0 Å². The summed E-state index contributed by atoms with van der Waals surface area (Å²) in [6, 6.07) is 5.42. The van der Waals surface area contributed by atoms with Gasteiger partial charge in [-0.1, -0.05) is 18.6 Å². The minimum atomic E-state index is -3.78. The Bertz CT molecular complexity index is 517. The quantitative estimate of drug-likeness (QED) is 0.782. The lowest BCUT2D eigenvalue weighted by Crippen LogP contribution is -2.45. The van der Waals surface area contributed by atoms with E-state index in [0.717, 1.165) is 25.3 Å². The summed E-state index contributed by atoms with van der Waals surface area (Å²) < 4.78 is 39.8. The van der Waals surface area contributed by atoms with Crippen molar-refractivity contribution in [3.63, 3.8) is 0 Å². The summed E-state index contributed by atoms with van der Waals surface area (Å²) in [4.78, 5) is -0.262. The van der Waals surface area contributed by atoms with E-state index >= 15 is 0 Å². The summed E-state index contributed by atoms with van der Waals surface area (Å²) in [6.07, 6.45) is 2.66. The van der Waals surface area contributed by atoms with E-state index in [1.807, 2.05) is 0 Å². The molecule has 0 saturated heterocycles. The van der Waals surface area contributed by atoms with Crippen molar-refractivity contribution in [3.05, 3.63) is 30.1 Å². The summed E-state index contributed by atoms with van der Waals surface area (Å²) in [5.41, 5.74) is 0. The average Bonchev–Trinajstić information content (AvgIpc) is 2.26. The topological polar surface area (TPSA) is 37.4 Å². The van der Waals surface area contributed by atoms with Crippen LogP contribution in [0.3, 0.4) is 0 Å². The van der Waals surface area contributed by atoms with Gasteiger partial charge in [-0.15, -0.1) is 11.6 Å². The van der Waals surface area contributed by atoms with Gasteiger partial charge in [0.15, 0.2) is 0 Å². The van der Waals surface area contributed by atoms with E-state index in [-0.39, 0.29) is 23.4 Å². The first-order valence-corrected chi connectivity index (χ1v) is 7.87. The van der Waals surface area contributed by atoms with Crippen LogP contribution in [-0.2, 0) is 10.0 Å². The molecule has 1 fully saturated rings. The van der Waals surface area contributed by atoms with Gasteiger partial charge in [0, 0.05) is 18.5 Å². The molecule has 0 aromatic heterocycles. The molecule has 0 spiro atoms. The Labute approximate surface area is 112 Å². The molecule has 0 aliphatic heterocycles. The zero-order valence-corrected chi connectivity index (χ0v) is 11.4. The normalized spacial score (nSPS) is 16.8. The molecule has 0 bridgehead atoms. The number of benzene rings is 1. The van der Waals surface area contributed by atoms with E-state index in [1.165, 1.54) is 22.5 Å². The van der Waals surface area contributed by atoms with Gasteiger partial charge in [-0.3, -0.25) is 0 Å². The zero-order chi connectivity index (χ0) is 13.2. The molecule has 0 radical (unpaired) electrons. The fraction of sp³-hybridized carbons (Fsp3) is 0.500. The fourth-order valence-corrected chi connectivity index (χ4v) is 4.07. The van der Waals surface area contributed by atoms with Gasteiger partial charge >= 0.3 is 0 Å². The zero-order valence-electron chi connectivity index (χ0n) is 9.85. The molecule has 0 N–H and O–H groups in total. The number of nitrogens with zero attached hydrogens (tertiary/aromatic N) is 1. The number of rotatable bonds is 5. The maximum Gasteiger partial charge on any atom is 0.246 e. The fourth-order valence-electron chi connectivity index (χ4n) is 2.04. The van der Waals surface area contributed by atoms with Crippen LogP contribution < -0.4 is 0 Å². The lowest BCUT2D eigenvalue weighted by atomic mass is 9.93. The van der Waals surface area contributed by atoms with Crippen LogP contribution in [0.2, 0.25) is 0 Å². The molecule has 100 valence electrons. The summed E-state index contributed by atoms with van der Waals surface area (Å²) in [5.74, 6) is -0.499. The predicted octanol–water partition coefficient (Wildman–Crippen LogP) is 2.61. The van der Waals surface area contributed by atoms with Crippen molar-refractivity contribution < 1.29 is 12.8 Å². The van der Waals surface area contributed by atoms with Gasteiger partial charge in [0.25, 0.3) is 0 Å². The van der Waals surface area contributed by atoms with Gasteiger partial charge in [-0.2, -0.15) is 4.31 Å².